The number of ether oxygens (including phenoxy) is 1. The van der Waals surface area contributed by atoms with Gasteiger partial charge in [0, 0.05) is 0 Å². The van der Waals surface area contributed by atoms with Crippen molar-refractivity contribution in [2.75, 3.05) is 0 Å². The first kappa shape index (κ1) is 12.9. The second kappa shape index (κ2) is 4.81. The molecule has 0 aliphatic heterocycles. The van der Waals surface area contributed by atoms with Gasteiger partial charge in [-0.25, -0.2) is 4.79 Å². The van der Waals surface area contributed by atoms with E-state index in [1.165, 1.54) is 0 Å². The summed E-state index contributed by atoms with van der Waals surface area (Å²) in [6.45, 7) is 5.29. The fourth-order valence-electron chi connectivity index (χ4n) is 0.896. The molecule has 0 saturated heterocycles. The van der Waals surface area contributed by atoms with Crippen LogP contribution < -0.4 is 11.1 Å². The number of carbonyl (C=O) groups excluding carboxylic acids is 1. The third-order valence-electron chi connectivity index (χ3n) is 1.48. The van der Waals surface area contributed by atoms with Crippen LogP contribution in [0.1, 0.15) is 32.6 Å². The van der Waals surface area contributed by atoms with Gasteiger partial charge < -0.3 is 20.2 Å². The Morgan fingerprint density at radius 3 is 2.65 bits per heavy atom. The van der Waals surface area contributed by atoms with Crippen molar-refractivity contribution >= 4 is 11.9 Å². The number of nitrogens with zero attached hydrogens (tertiary/aromatic N) is 2. The highest BCUT2D eigenvalue weighted by molar-refractivity contribution is 5.90. The minimum atomic E-state index is -0.583. The van der Waals surface area contributed by atoms with Crippen LogP contribution >= 0.6 is 0 Å². The lowest BCUT2D eigenvalue weighted by atomic mass is 10.2. The summed E-state index contributed by atoms with van der Waals surface area (Å²) in [5.74, 6) is -0.243. The van der Waals surface area contributed by atoms with Crippen molar-refractivity contribution < 1.29 is 13.9 Å². The van der Waals surface area contributed by atoms with E-state index in [0.717, 1.165) is 0 Å². The van der Waals surface area contributed by atoms with E-state index in [9.17, 15) is 4.79 Å². The molecule has 0 atom stereocenters. The first-order valence-corrected chi connectivity index (χ1v) is 4.91. The van der Waals surface area contributed by atoms with E-state index in [-0.39, 0.29) is 24.2 Å². The Balaban J connectivity index is 2.45. The van der Waals surface area contributed by atoms with E-state index < -0.39 is 11.7 Å². The quantitative estimate of drug-likeness (QED) is 0.518. The molecule has 0 radical (unpaired) electrons. The Kier molecular flexibility index (Phi) is 3.66. The molecule has 0 fully saturated rings. The second-order valence-corrected chi connectivity index (χ2v) is 4.27. The van der Waals surface area contributed by atoms with Crippen LogP contribution in [-0.2, 0) is 11.3 Å². The van der Waals surface area contributed by atoms with Gasteiger partial charge in [0.1, 0.15) is 5.60 Å². The van der Waals surface area contributed by atoms with Crippen LogP contribution in [0.2, 0.25) is 0 Å². The SMILES string of the molecule is CC(C)(C)OC(=O)NCc1nnc(C(=N)N)o1. The van der Waals surface area contributed by atoms with Crippen LogP contribution in [-0.4, -0.2) is 27.7 Å². The molecular weight excluding hydrogens is 226 g/mol. The smallest absolute Gasteiger partial charge is 0.408 e. The van der Waals surface area contributed by atoms with Crippen molar-refractivity contribution in [1.29, 1.82) is 5.41 Å². The van der Waals surface area contributed by atoms with Gasteiger partial charge in [0.05, 0.1) is 6.54 Å². The number of nitrogens with two attached hydrogens (primary N) is 1. The molecule has 1 aromatic heterocycles. The van der Waals surface area contributed by atoms with Crippen LogP contribution in [0, 0.1) is 5.41 Å². The normalized spacial score (nSPS) is 11.0. The third kappa shape index (κ3) is 4.49. The zero-order valence-electron chi connectivity index (χ0n) is 9.90. The Labute approximate surface area is 98.0 Å². The largest absolute Gasteiger partial charge is 0.444 e. The molecule has 1 amide bonds. The predicted octanol–water partition coefficient (Wildman–Crippen LogP) is 0.378. The fourth-order valence-corrected chi connectivity index (χ4v) is 0.896. The van der Waals surface area contributed by atoms with Gasteiger partial charge in [0.25, 0.3) is 5.89 Å². The lowest BCUT2D eigenvalue weighted by molar-refractivity contribution is 0.0519. The lowest BCUT2D eigenvalue weighted by Crippen LogP contribution is -2.32. The maximum atomic E-state index is 11.3. The lowest BCUT2D eigenvalue weighted by Gasteiger charge is -2.19. The predicted molar refractivity (Wildman–Crippen MR) is 58.4 cm³/mol. The number of alkyl carbamates (subject to hydrolysis) is 1. The van der Waals surface area contributed by atoms with Crippen LogP contribution in [0.5, 0.6) is 0 Å². The summed E-state index contributed by atoms with van der Waals surface area (Å²) in [5.41, 5.74) is 4.58. The van der Waals surface area contributed by atoms with Gasteiger partial charge in [-0.05, 0) is 20.8 Å². The molecule has 17 heavy (non-hydrogen) atoms. The Morgan fingerprint density at radius 1 is 1.53 bits per heavy atom. The van der Waals surface area contributed by atoms with Crippen LogP contribution in [0.25, 0.3) is 0 Å². The zero-order valence-corrected chi connectivity index (χ0v) is 9.90. The topological polar surface area (TPSA) is 127 Å². The molecule has 0 aliphatic rings. The van der Waals surface area contributed by atoms with Crippen molar-refractivity contribution in [2.45, 2.75) is 32.9 Å². The highest BCUT2D eigenvalue weighted by atomic mass is 16.6. The summed E-state index contributed by atoms with van der Waals surface area (Å²) in [7, 11) is 0. The van der Waals surface area contributed by atoms with E-state index >= 15 is 0 Å². The number of hydrogen-bond donors (Lipinski definition) is 3. The second-order valence-electron chi connectivity index (χ2n) is 4.27. The molecule has 8 nitrogen and oxygen atoms in total. The van der Waals surface area contributed by atoms with Gasteiger partial charge >= 0.3 is 6.09 Å². The number of carbonyl (C=O) groups is 1. The summed E-state index contributed by atoms with van der Waals surface area (Å²) in [6.07, 6.45) is -0.583. The summed E-state index contributed by atoms with van der Waals surface area (Å²) < 4.78 is 9.99. The van der Waals surface area contributed by atoms with Crippen molar-refractivity contribution in [1.82, 2.24) is 15.5 Å². The third-order valence-corrected chi connectivity index (χ3v) is 1.48. The fraction of sp³-hybridized carbons (Fsp3) is 0.556. The number of nitrogens with one attached hydrogen (secondary N) is 2. The molecule has 0 aromatic carbocycles. The highest BCUT2D eigenvalue weighted by Gasteiger charge is 2.16. The number of nitrogen functional groups attached to an aromatic ring is 1. The average Bonchev–Trinajstić information content (AvgIpc) is 2.60. The molecule has 0 spiro atoms. The van der Waals surface area contributed by atoms with E-state index in [0.29, 0.717) is 0 Å². The minimum Gasteiger partial charge on any atom is -0.444 e. The van der Waals surface area contributed by atoms with Crippen LogP contribution in [0.15, 0.2) is 4.42 Å². The van der Waals surface area contributed by atoms with Gasteiger partial charge in [0.2, 0.25) is 5.89 Å². The van der Waals surface area contributed by atoms with Crippen molar-refractivity contribution in [3.8, 4) is 0 Å². The van der Waals surface area contributed by atoms with Gasteiger partial charge in [-0.2, -0.15) is 0 Å². The zero-order chi connectivity index (χ0) is 13.1. The van der Waals surface area contributed by atoms with Crippen molar-refractivity contribution in [2.24, 2.45) is 5.73 Å². The van der Waals surface area contributed by atoms with Gasteiger partial charge in [0.15, 0.2) is 5.84 Å². The molecular formula is C9H15N5O3. The first-order valence-electron chi connectivity index (χ1n) is 4.91. The van der Waals surface area contributed by atoms with E-state index in [4.69, 9.17) is 20.3 Å². The molecule has 0 aliphatic carbocycles. The van der Waals surface area contributed by atoms with Gasteiger partial charge in [-0.3, -0.25) is 5.41 Å². The molecule has 8 heteroatoms. The molecule has 0 unspecified atom stereocenters. The van der Waals surface area contributed by atoms with Crippen molar-refractivity contribution in [3.63, 3.8) is 0 Å². The molecule has 94 valence electrons. The molecule has 1 aromatic rings. The molecule has 0 bridgehead atoms. The average molecular weight is 241 g/mol. The van der Waals surface area contributed by atoms with Gasteiger partial charge in [-0.1, -0.05) is 0 Å². The standard InChI is InChI=1S/C9H15N5O3/c1-9(2,3)17-8(15)12-4-5-13-14-7(16-5)6(10)11/h4H2,1-3H3,(H3,10,11)(H,12,15). The number of rotatable bonds is 3. The number of amidine groups is 1. The van der Waals surface area contributed by atoms with E-state index in [2.05, 4.69) is 15.5 Å². The Hall–Kier alpha value is -2.12. The van der Waals surface area contributed by atoms with Crippen LogP contribution in [0.4, 0.5) is 4.79 Å². The maximum Gasteiger partial charge on any atom is 0.408 e. The maximum absolute atomic E-state index is 11.3. The first-order chi connectivity index (χ1) is 7.78. The van der Waals surface area contributed by atoms with Gasteiger partial charge in [-0.15, -0.1) is 10.2 Å². The number of amides is 1. The molecule has 1 rings (SSSR count). The monoisotopic (exact) mass is 241 g/mol. The minimum absolute atomic E-state index is 0.0230. The molecule has 4 N–H and O–H groups in total. The molecule has 1 heterocycles. The molecule has 0 saturated carbocycles. The number of aromatic nitrogens is 2. The van der Waals surface area contributed by atoms with E-state index in [1.807, 2.05) is 0 Å². The highest BCUT2D eigenvalue weighted by Crippen LogP contribution is 2.06. The summed E-state index contributed by atoms with van der Waals surface area (Å²) in [4.78, 5) is 11.3. The Bertz CT molecular complexity index is 421. The van der Waals surface area contributed by atoms with E-state index in [1.54, 1.807) is 20.8 Å². The van der Waals surface area contributed by atoms with Crippen LogP contribution in [0.3, 0.4) is 0 Å². The number of hydrogen-bond acceptors (Lipinski definition) is 6. The summed E-state index contributed by atoms with van der Waals surface area (Å²) in [5, 5.41) is 16.6. The summed E-state index contributed by atoms with van der Waals surface area (Å²) >= 11 is 0. The Morgan fingerprint density at radius 2 is 2.18 bits per heavy atom. The van der Waals surface area contributed by atoms with Crippen molar-refractivity contribution in [3.05, 3.63) is 11.8 Å². The summed E-state index contributed by atoms with van der Waals surface area (Å²) in [6, 6.07) is 0.